The molecule has 0 spiro atoms. The fraction of sp³-hybridized carbons (Fsp3) is 0.562. The molecule has 1 aliphatic rings. The van der Waals surface area contributed by atoms with Crippen LogP contribution in [0.4, 0.5) is 0 Å². The van der Waals surface area contributed by atoms with Gasteiger partial charge in [0.2, 0.25) is 0 Å². The van der Waals surface area contributed by atoms with E-state index in [-0.39, 0.29) is 11.8 Å². The molecule has 0 bridgehead atoms. The van der Waals surface area contributed by atoms with Crippen molar-refractivity contribution in [2.75, 3.05) is 13.6 Å². The summed E-state index contributed by atoms with van der Waals surface area (Å²) in [5.41, 5.74) is 0.557. The molecule has 0 amide bonds. The normalized spacial score (nSPS) is 17.6. The molecular weight excluding hydrogens is 293 g/mol. The van der Waals surface area contributed by atoms with Crippen molar-refractivity contribution in [1.29, 1.82) is 0 Å². The molecule has 0 aliphatic heterocycles. The molecule has 1 aromatic carbocycles. The second-order valence-electron chi connectivity index (χ2n) is 5.75. The summed E-state index contributed by atoms with van der Waals surface area (Å²) in [7, 11) is 2.02. The standard InChI is InChI=1S/C16H21Cl2NO/c1-11(19(2)10-12-5-3-4-6-12)16(20)14-8-7-13(17)9-15(14)18/h7-9,11-12H,3-6,10H2,1-2H3. The highest BCUT2D eigenvalue weighted by Crippen LogP contribution is 2.27. The lowest BCUT2D eigenvalue weighted by Crippen LogP contribution is -2.38. The van der Waals surface area contributed by atoms with Gasteiger partial charge in [0.05, 0.1) is 11.1 Å². The van der Waals surface area contributed by atoms with Crippen molar-refractivity contribution in [3.05, 3.63) is 33.8 Å². The molecule has 1 unspecified atom stereocenters. The highest BCUT2D eigenvalue weighted by atomic mass is 35.5. The van der Waals surface area contributed by atoms with Gasteiger partial charge in [0.1, 0.15) is 0 Å². The molecule has 110 valence electrons. The van der Waals surface area contributed by atoms with Gasteiger partial charge in [-0.2, -0.15) is 0 Å². The summed E-state index contributed by atoms with van der Waals surface area (Å²) >= 11 is 12.0. The molecule has 0 aromatic heterocycles. The van der Waals surface area contributed by atoms with Crippen LogP contribution in [0.15, 0.2) is 18.2 Å². The lowest BCUT2D eigenvalue weighted by Gasteiger charge is -2.26. The van der Waals surface area contributed by atoms with Gasteiger partial charge in [-0.05, 0) is 50.9 Å². The predicted octanol–water partition coefficient (Wildman–Crippen LogP) is 4.69. The average Bonchev–Trinajstić information content (AvgIpc) is 2.90. The van der Waals surface area contributed by atoms with Crippen molar-refractivity contribution in [3.63, 3.8) is 0 Å². The van der Waals surface area contributed by atoms with E-state index in [0.717, 1.165) is 12.5 Å². The Balaban J connectivity index is 2.03. The maximum Gasteiger partial charge on any atom is 0.181 e. The number of nitrogens with zero attached hydrogens (tertiary/aromatic N) is 1. The van der Waals surface area contributed by atoms with Gasteiger partial charge >= 0.3 is 0 Å². The maximum atomic E-state index is 12.5. The highest BCUT2D eigenvalue weighted by molar-refractivity contribution is 6.37. The third-order valence-electron chi connectivity index (χ3n) is 4.26. The molecule has 0 heterocycles. The Morgan fingerprint density at radius 1 is 1.35 bits per heavy atom. The minimum atomic E-state index is -0.158. The summed E-state index contributed by atoms with van der Waals surface area (Å²) in [6, 6.07) is 4.89. The first-order chi connectivity index (χ1) is 9.49. The van der Waals surface area contributed by atoms with Crippen LogP contribution in [0.2, 0.25) is 10.0 Å². The molecule has 1 fully saturated rings. The van der Waals surface area contributed by atoms with E-state index in [1.54, 1.807) is 18.2 Å². The minimum Gasteiger partial charge on any atom is -0.296 e. The zero-order valence-electron chi connectivity index (χ0n) is 12.0. The Hall–Kier alpha value is -0.570. The molecule has 1 aromatic rings. The molecule has 2 rings (SSSR count). The number of rotatable bonds is 5. The fourth-order valence-electron chi connectivity index (χ4n) is 2.87. The van der Waals surface area contributed by atoms with Crippen LogP contribution in [-0.4, -0.2) is 30.3 Å². The third-order valence-corrected chi connectivity index (χ3v) is 4.81. The number of hydrogen-bond donors (Lipinski definition) is 0. The van der Waals surface area contributed by atoms with E-state index < -0.39 is 0 Å². The Morgan fingerprint density at radius 3 is 2.60 bits per heavy atom. The predicted molar refractivity (Wildman–Crippen MR) is 84.8 cm³/mol. The highest BCUT2D eigenvalue weighted by Gasteiger charge is 2.25. The van der Waals surface area contributed by atoms with Crippen molar-refractivity contribution < 1.29 is 4.79 Å². The number of halogens is 2. The first-order valence-corrected chi connectivity index (χ1v) is 7.94. The van der Waals surface area contributed by atoms with Crippen LogP contribution in [0, 0.1) is 5.92 Å². The van der Waals surface area contributed by atoms with E-state index >= 15 is 0 Å². The smallest absolute Gasteiger partial charge is 0.181 e. The van der Waals surface area contributed by atoms with Gasteiger partial charge in [-0.15, -0.1) is 0 Å². The van der Waals surface area contributed by atoms with Crippen LogP contribution in [-0.2, 0) is 0 Å². The van der Waals surface area contributed by atoms with Crippen LogP contribution < -0.4 is 0 Å². The lowest BCUT2D eigenvalue weighted by atomic mass is 10.0. The summed E-state index contributed by atoms with van der Waals surface area (Å²) in [5, 5.41) is 0.988. The zero-order chi connectivity index (χ0) is 14.7. The van der Waals surface area contributed by atoms with Crippen LogP contribution in [0.25, 0.3) is 0 Å². The van der Waals surface area contributed by atoms with E-state index in [4.69, 9.17) is 23.2 Å². The third kappa shape index (κ3) is 3.75. The maximum absolute atomic E-state index is 12.5. The molecule has 0 N–H and O–H groups in total. The van der Waals surface area contributed by atoms with Gasteiger partial charge in [0, 0.05) is 17.1 Å². The summed E-state index contributed by atoms with van der Waals surface area (Å²) in [5.74, 6) is 0.795. The monoisotopic (exact) mass is 313 g/mol. The number of Topliss-reactive ketones (excluding diaryl/α,β-unsaturated/α-hetero) is 1. The van der Waals surface area contributed by atoms with Crippen molar-refractivity contribution >= 4 is 29.0 Å². The van der Waals surface area contributed by atoms with E-state index in [1.807, 2.05) is 14.0 Å². The number of carbonyl (C=O) groups is 1. The Morgan fingerprint density at radius 2 is 2.00 bits per heavy atom. The number of likely N-dealkylation sites (N-methyl/N-ethyl adjacent to an activating group) is 1. The van der Waals surface area contributed by atoms with Gasteiger partial charge in [0.15, 0.2) is 5.78 Å². The van der Waals surface area contributed by atoms with Crippen LogP contribution in [0.5, 0.6) is 0 Å². The number of hydrogen-bond acceptors (Lipinski definition) is 2. The number of benzene rings is 1. The first-order valence-electron chi connectivity index (χ1n) is 7.18. The molecule has 1 atom stereocenters. The topological polar surface area (TPSA) is 20.3 Å². The molecule has 2 nitrogen and oxygen atoms in total. The van der Waals surface area contributed by atoms with Crippen molar-refractivity contribution in [2.45, 2.75) is 38.6 Å². The SMILES string of the molecule is CC(C(=O)c1ccc(Cl)cc1Cl)N(C)CC1CCCC1. The minimum absolute atomic E-state index is 0.0622. The van der Waals surface area contributed by atoms with Gasteiger partial charge < -0.3 is 0 Å². The molecule has 1 saturated carbocycles. The summed E-state index contributed by atoms with van der Waals surface area (Å²) in [6.07, 6.45) is 5.22. The Labute approximate surface area is 131 Å². The molecular formula is C16H21Cl2NO. The summed E-state index contributed by atoms with van der Waals surface area (Å²) in [4.78, 5) is 14.7. The van der Waals surface area contributed by atoms with Crippen LogP contribution in [0.1, 0.15) is 43.0 Å². The van der Waals surface area contributed by atoms with Gasteiger partial charge in [-0.25, -0.2) is 0 Å². The Bertz CT molecular complexity index is 483. The fourth-order valence-corrected chi connectivity index (χ4v) is 3.37. The van der Waals surface area contributed by atoms with Crippen molar-refractivity contribution in [2.24, 2.45) is 5.92 Å². The summed E-state index contributed by atoms with van der Waals surface area (Å²) < 4.78 is 0. The quantitative estimate of drug-likeness (QED) is 0.735. The first kappa shape index (κ1) is 15.8. The van der Waals surface area contributed by atoms with Gasteiger partial charge in [-0.1, -0.05) is 36.0 Å². The Kier molecular flexibility index (Phi) is 5.48. The lowest BCUT2D eigenvalue weighted by molar-refractivity contribution is 0.0853. The average molecular weight is 314 g/mol. The van der Waals surface area contributed by atoms with Crippen LogP contribution >= 0.6 is 23.2 Å². The van der Waals surface area contributed by atoms with Crippen LogP contribution in [0.3, 0.4) is 0 Å². The molecule has 4 heteroatoms. The van der Waals surface area contributed by atoms with E-state index in [2.05, 4.69) is 4.90 Å². The van der Waals surface area contributed by atoms with Crippen molar-refractivity contribution in [1.82, 2.24) is 4.90 Å². The number of ketones is 1. The summed E-state index contributed by atoms with van der Waals surface area (Å²) in [6.45, 7) is 2.93. The molecule has 20 heavy (non-hydrogen) atoms. The molecule has 1 aliphatic carbocycles. The number of carbonyl (C=O) groups excluding carboxylic acids is 1. The van der Waals surface area contributed by atoms with E-state index in [1.165, 1.54) is 25.7 Å². The molecule has 0 saturated heterocycles. The van der Waals surface area contributed by atoms with E-state index in [9.17, 15) is 4.79 Å². The van der Waals surface area contributed by atoms with Crippen molar-refractivity contribution in [3.8, 4) is 0 Å². The second kappa shape index (κ2) is 6.93. The zero-order valence-corrected chi connectivity index (χ0v) is 13.5. The van der Waals surface area contributed by atoms with Gasteiger partial charge in [-0.3, -0.25) is 9.69 Å². The second-order valence-corrected chi connectivity index (χ2v) is 6.60. The van der Waals surface area contributed by atoms with E-state index in [0.29, 0.717) is 15.6 Å². The molecule has 0 radical (unpaired) electrons. The largest absolute Gasteiger partial charge is 0.296 e. The van der Waals surface area contributed by atoms with Gasteiger partial charge in [0.25, 0.3) is 0 Å².